The van der Waals surface area contributed by atoms with Crippen LogP contribution >= 0.6 is 0 Å². The maximum Gasteiger partial charge on any atom is 0.335 e. The van der Waals surface area contributed by atoms with E-state index >= 15 is 0 Å². The Hall–Kier alpha value is -3.22. The summed E-state index contributed by atoms with van der Waals surface area (Å²) in [6.45, 7) is 1.57. The van der Waals surface area contributed by atoms with Gasteiger partial charge in [0, 0.05) is 12.5 Å². The highest BCUT2D eigenvalue weighted by molar-refractivity contribution is 5.88. The van der Waals surface area contributed by atoms with Crippen molar-refractivity contribution in [1.29, 1.82) is 0 Å². The second-order valence-electron chi connectivity index (χ2n) is 7.22. The monoisotopic (exact) mass is 397 g/mol. The minimum atomic E-state index is -0.998. The number of fused-ring (bicyclic) bond motifs is 1. The molecule has 0 radical (unpaired) electrons. The van der Waals surface area contributed by atoms with E-state index in [2.05, 4.69) is 5.32 Å². The molecule has 1 saturated carbocycles. The van der Waals surface area contributed by atoms with Crippen LogP contribution in [-0.4, -0.2) is 43.9 Å². The Bertz CT molecular complexity index is 941. The summed E-state index contributed by atoms with van der Waals surface area (Å²) in [7, 11) is 1.51. The fraction of sp³-hybridized carbons (Fsp3) is 0.364. The first-order valence-electron chi connectivity index (χ1n) is 9.64. The summed E-state index contributed by atoms with van der Waals surface area (Å²) in [4.78, 5) is 23.6. The van der Waals surface area contributed by atoms with Crippen LogP contribution in [0.2, 0.25) is 0 Å². The average Bonchev–Trinajstić information content (AvgIpc) is 3.54. The van der Waals surface area contributed by atoms with Gasteiger partial charge in [0.25, 0.3) is 0 Å². The number of hydrogen-bond donors (Lipinski definition) is 2. The predicted molar refractivity (Wildman–Crippen MR) is 105 cm³/mol. The summed E-state index contributed by atoms with van der Waals surface area (Å²) in [5.41, 5.74) is 2.13. The van der Waals surface area contributed by atoms with E-state index in [-0.39, 0.29) is 23.3 Å². The van der Waals surface area contributed by atoms with Gasteiger partial charge in [0.15, 0.2) is 11.5 Å². The number of rotatable bonds is 7. The van der Waals surface area contributed by atoms with Crippen molar-refractivity contribution in [1.82, 2.24) is 5.32 Å². The van der Waals surface area contributed by atoms with Gasteiger partial charge in [-0.2, -0.15) is 0 Å². The van der Waals surface area contributed by atoms with Crippen LogP contribution in [0.1, 0.15) is 33.8 Å². The quantitative estimate of drug-likeness (QED) is 0.746. The van der Waals surface area contributed by atoms with E-state index in [1.54, 1.807) is 12.1 Å². The zero-order chi connectivity index (χ0) is 20.4. The molecular formula is C22H23NO6. The Morgan fingerprint density at radius 2 is 1.93 bits per heavy atom. The Kier molecular flexibility index (Phi) is 5.29. The van der Waals surface area contributed by atoms with E-state index in [0.717, 1.165) is 29.0 Å². The second-order valence-corrected chi connectivity index (χ2v) is 7.22. The number of carbonyl (C=O) groups excluding carboxylic acids is 1. The maximum absolute atomic E-state index is 12.5. The molecule has 0 saturated heterocycles. The van der Waals surface area contributed by atoms with Gasteiger partial charge in [-0.05, 0) is 54.2 Å². The molecule has 2 aromatic rings. The first kappa shape index (κ1) is 19.1. The number of benzene rings is 2. The molecule has 1 aliphatic heterocycles. The van der Waals surface area contributed by atoms with E-state index in [1.807, 2.05) is 18.2 Å². The van der Waals surface area contributed by atoms with Crippen LogP contribution in [0.5, 0.6) is 17.2 Å². The lowest BCUT2D eigenvalue weighted by atomic mass is 10.1. The van der Waals surface area contributed by atoms with E-state index in [4.69, 9.17) is 19.3 Å². The summed E-state index contributed by atoms with van der Waals surface area (Å²) in [5, 5.41) is 12.0. The van der Waals surface area contributed by atoms with Crippen molar-refractivity contribution in [3.8, 4) is 17.2 Å². The number of carbonyl (C=O) groups is 2. The van der Waals surface area contributed by atoms with Gasteiger partial charge in [0.05, 0.1) is 12.7 Å². The summed E-state index contributed by atoms with van der Waals surface area (Å²) in [5.74, 6) is 1.22. The summed E-state index contributed by atoms with van der Waals surface area (Å²) < 4.78 is 16.4. The highest BCUT2D eigenvalue weighted by Gasteiger charge is 2.44. The van der Waals surface area contributed by atoms with E-state index in [0.29, 0.717) is 31.9 Å². The number of ether oxygens (including phenoxy) is 3. The Morgan fingerprint density at radius 3 is 2.69 bits per heavy atom. The highest BCUT2D eigenvalue weighted by atomic mass is 16.6. The first-order chi connectivity index (χ1) is 14.1. The first-order valence-corrected chi connectivity index (χ1v) is 9.64. The molecule has 1 fully saturated rings. The zero-order valence-corrected chi connectivity index (χ0v) is 16.1. The van der Waals surface area contributed by atoms with Gasteiger partial charge in [-0.15, -0.1) is 0 Å². The van der Waals surface area contributed by atoms with Crippen LogP contribution in [-0.2, 0) is 11.2 Å². The number of methoxy groups -OCH3 is 1. The molecule has 0 spiro atoms. The third-order valence-corrected chi connectivity index (χ3v) is 5.35. The standard InChI is InChI=1S/C22H23NO6/c1-27-19-11-15(22(25)26)3-2-13(19)6-7-23-21(24)17-12-16(17)14-4-5-18-20(10-14)29-9-8-28-18/h2-5,10-11,16-17H,6-9,12H2,1H3,(H,23,24)(H,25,26). The van der Waals surface area contributed by atoms with E-state index in [9.17, 15) is 9.59 Å². The molecule has 2 aromatic carbocycles. The van der Waals surface area contributed by atoms with Crippen molar-refractivity contribution in [2.75, 3.05) is 26.9 Å². The molecule has 1 heterocycles. The molecule has 7 nitrogen and oxygen atoms in total. The third-order valence-electron chi connectivity index (χ3n) is 5.35. The number of amides is 1. The number of nitrogens with one attached hydrogen (secondary N) is 1. The van der Waals surface area contributed by atoms with Crippen molar-refractivity contribution in [2.45, 2.75) is 18.8 Å². The number of carboxylic acids is 1. The Morgan fingerprint density at radius 1 is 1.14 bits per heavy atom. The summed E-state index contributed by atoms with van der Waals surface area (Å²) in [6.07, 6.45) is 1.39. The SMILES string of the molecule is COc1cc(C(=O)O)ccc1CCNC(=O)C1CC1c1ccc2c(c1)OCCO2. The molecule has 0 bridgehead atoms. The fourth-order valence-electron chi connectivity index (χ4n) is 3.68. The molecule has 29 heavy (non-hydrogen) atoms. The lowest BCUT2D eigenvalue weighted by Gasteiger charge is -2.18. The predicted octanol–water partition coefficient (Wildman–Crippen LogP) is 2.63. The maximum atomic E-state index is 12.5. The number of carboxylic acid groups (broad SMARTS) is 1. The molecule has 152 valence electrons. The normalized spacial score (nSPS) is 19.3. The molecule has 4 rings (SSSR count). The zero-order valence-electron chi connectivity index (χ0n) is 16.1. The van der Waals surface area contributed by atoms with E-state index < -0.39 is 5.97 Å². The lowest BCUT2D eigenvalue weighted by molar-refractivity contribution is -0.122. The summed E-state index contributed by atoms with van der Waals surface area (Å²) in [6, 6.07) is 10.6. The van der Waals surface area contributed by atoms with E-state index in [1.165, 1.54) is 13.2 Å². The van der Waals surface area contributed by atoms with Crippen LogP contribution in [0.3, 0.4) is 0 Å². The number of aromatic carboxylic acids is 1. The molecule has 2 N–H and O–H groups in total. The molecular weight excluding hydrogens is 374 g/mol. The average molecular weight is 397 g/mol. The van der Waals surface area contributed by atoms with Crippen LogP contribution in [0, 0.1) is 5.92 Å². The minimum absolute atomic E-state index is 0.0333. The lowest BCUT2D eigenvalue weighted by Crippen LogP contribution is -2.27. The summed E-state index contributed by atoms with van der Waals surface area (Å²) >= 11 is 0. The van der Waals surface area contributed by atoms with Gasteiger partial charge in [-0.3, -0.25) is 4.79 Å². The largest absolute Gasteiger partial charge is 0.496 e. The smallest absolute Gasteiger partial charge is 0.335 e. The van der Waals surface area contributed by atoms with Crippen molar-refractivity contribution in [3.05, 3.63) is 53.1 Å². The molecule has 0 aromatic heterocycles. The van der Waals surface area contributed by atoms with Gasteiger partial charge in [0.1, 0.15) is 19.0 Å². The highest BCUT2D eigenvalue weighted by Crippen LogP contribution is 2.49. The Balaban J connectivity index is 1.31. The van der Waals surface area contributed by atoms with Crippen molar-refractivity contribution in [3.63, 3.8) is 0 Å². The molecule has 2 unspecified atom stereocenters. The van der Waals surface area contributed by atoms with Gasteiger partial charge in [0.2, 0.25) is 5.91 Å². The Labute approximate surface area is 168 Å². The molecule has 7 heteroatoms. The van der Waals surface area contributed by atoms with Gasteiger partial charge >= 0.3 is 5.97 Å². The minimum Gasteiger partial charge on any atom is -0.496 e. The fourth-order valence-corrected chi connectivity index (χ4v) is 3.68. The van der Waals surface area contributed by atoms with Crippen LogP contribution in [0.15, 0.2) is 36.4 Å². The topological polar surface area (TPSA) is 94.1 Å². The van der Waals surface area contributed by atoms with Gasteiger partial charge in [-0.25, -0.2) is 4.79 Å². The van der Waals surface area contributed by atoms with Gasteiger partial charge < -0.3 is 24.6 Å². The van der Waals surface area contributed by atoms with Crippen molar-refractivity contribution < 1.29 is 28.9 Å². The second kappa shape index (κ2) is 8.03. The molecule has 1 amide bonds. The van der Waals surface area contributed by atoms with Crippen LogP contribution in [0.25, 0.3) is 0 Å². The van der Waals surface area contributed by atoms with Crippen molar-refractivity contribution in [2.24, 2.45) is 5.92 Å². The molecule has 2 aliphatic rings. The van der Waals surface area contributed by atoms with Crippen LogP contribution < -0.4 is 19.5 Å². The number of hydrogen-bond acceptors (Lipinski definition) is 5. The van der Waals surface area contributed by atoms with Gasteiger partial charge in [-0.1, -0.05) is 12.1 Å². The third kappa shape index (κ3) is 4.13. The molecule has 2 atom stereocenters. The van der Waals surface area contributed by atoms with Crippen LogP contribution in [0.4, 0.5) is 0 Å². The van der Waals surface area contributed by atoms with Crippen molar-refractivity contribution >= 4 is 11.9 Å². The molecule has 1 aliphatic carbocycles.